The summed E-state index contributed by atoms with van der Waals surface area (Å²) >= 11 is 0. The van der Waals surface area contributed by atoms with Gasteiger partial charge >= 0.3 is 0 Å². The second-order valence-corrected chi connectivity index (χ2v) is 5.20. The molecule has 0 aliphatic heterocycles. The van der Waals surface area contributed by atoms with Gasteiger partial charge in [0.2, 0.25) is 0 Å². The molecule has 6 heteroatoms. The Morgan fingerprint density at radius 1 is 1.39 bits per heavy atom. The molecule has 3 aromatic rings. The first-order chi connectivity index (χ1) is 11.1. The summed E-state index contributed by atoms with van der Waals surface area (Å²) < 4.78 is 7.08. The van der Waals surface area contributed by atoms with E-state index in [1.807, 2.05) is 44.3 Å². The average molecular weight is 310 g/mol. The molecule has 1 amide bonds. The zero-order valence-corrected chi connectivity index (χ0v) is 13.3. The molecule has 0 aliphatic carbocycles. The first-order valence-corrected chi connectivity index (χ1v) is 7.42. The van der Waals surface area contributed by atoms with Crippen LogP contribution in [0.3, 0.4) is 0 Å². The van der Waals surface area contributed by atoms with Crippen molar-refractivity contribution in [1.29, 1.82) is 0 Å². The standard InChI is InChI=1S/C17H18N4O2/c1-4-12-15(17(22)20-14-10-11(2)7-8-18-14)21-9-5-6-13(23-3)16(21)19-12/h5-10H,4H2,1-3H3,(H,18,20,22). The number of hydrogen-bond acceptors (Lipinski definition) is 4. The molecule has 0 aliphatic rings. The lowest BCUT2D eigenvalue weighted by atomic mass is 10.2. The van der Waals surface area contributed by atoms with Crippen molar-refractivity contribution in [3.63, 3.8) is 0 Å². The molecule has 3 heterocycles. The third-order valence-corrected chi connectivity index (χ3v) is 3.61. The zero-order valence-electron chi connectivity index (χ0n) is 13.3. The van der Waals surface area contributed by atoms with E-state index in [4.69, 9.17) is 4.74 Å². The predicted molar refractivity (Wildman–Crippen MR) is 88.0 cm³/mol. The number of methoxy groups -OCH3 is 1. The molecule has 118 valence electrons. The van der Waals surface area contributed by atoms with Gasteiger partial charge < -0.3 is 10.1 Å². The molecular formula is C17H18N4O2. The normalized spacial score (nSPS) is 10.7. The monoisotopic (exact) mass is 310 g/mol. The number of carbonyl (C=O) groups is 1. The van der Waals surface area contributed by atoms with Crippen LogP contribution in [0.15, 0.2) is 36.7 Å². The van der Waals surface area contributed by atoms with E-state index in [0.717, 1.165) is 11.3 Å². The number of ether oxygens (including phenoxy) is 1. The Hall–Kier alpha value is -2.89. The molecular weight excluding hydrogens is 292 g/mol. The zero-order chi connectivity index (χ0) is 16.4. The van der Waals surface area contributed by atoms with Crippen LogP contribution in [0.1, 0.15) is 28.7 Å². The van der Waals surface area contributed by atoms with E-state index in [9.17, 15) is 4.79 Å². The van der Waals surface area contributed by atoms with Crippen molar-refractivity contribution >= 4 is 17.4 Å². The Morgan fingerprint density at radius 3 is 2.91 bits per heavy atom. The summed E-state index contributed by atoms with van der Waals surface area (Å²) in [5.41, 5.74) is 2.89. The number of aromatic nitrogens is 3. The van der Waals surface area contributed by atoms with Gasteiger partial charge in [-0.2, -0.15) is 0 Å². The second kappa shape index (κ2) is 6.08. The van der Waals surface area contributed by atoms with Gasteiger partial charge in [-0.05, 0) is 43.2 Å². The minimum atomic E-state index is -0.235. The fourth-order valence-electron chi connectivity index (χ4n) is 2.52. The smallest absolute Gasteiger partial charge is 0.275 e. The first kappa shape index (κ1) is 15.0. The number of nitrogens with zero attached hydrogens (tertiary/aromatic N) is 3. The SMILES string of the molecule is CCc1nc2c(OC)cccn2c1C(=O)Nc1cc(C)ccn1. The van der Waals surface area contributed by atoms with Crippen LogP contribution in [-0.4, -0.2) is 27.4 Å². The summed E-state index contributed by atoms with van der Waals surface area (Å²) in [5, 5.41) is 2.84. The molecule has 0 saturated carbocycles. The third-order valence-electron chi connectivity index (χ3n) is 3.61. The molecule has 0 aromatic carbocycles. The van der Waals surface area contributed by atoms with Gasteiger partial charge in [0.05, 0.1) is 12.8 Å². The number of amides is 1. The molecule has 0 saturated heterocycles. The molecule has 0 unspecified atom stereocenters. The number of carbonyl (C=O) groups excluding carboxylic acids is 1. The van der Waals surface area contributed by atoms with Crippen molar-refractivity contribution in [2.45, 2.75) is 20.3 Å². The molecule has 1 N–H and O–H groups in total. The second-order valence-electron chi connectivity index (χ2n) is 5.20. The summed E-state index contributed by atoms with van der Waals surface area (Å²) in [5.74, 6) is 0.922. The lowest BCUT2D eigenvalue weighted by Gasteiger charge is -2.07. The average Bonchev–Trinajstić information content (AvgIpc) is 2.93. The minimum Gasteiger partial charge on any atom is -0.493 e. The van der Waals surface area contributed by atoms with E-state index >= 15 is 0 Å². The van der Waals surface area contributed by atoms with E-state index in [1.54, 1.807) is 17.7 Å². The van der Waals surface area contributed by atoms with Crippen molar-refractivity contribution in [1.82, 2.24) is 14.4 Å². The molecule has 0 spiro atoms. The van der Waals surface area contributed by atoms with Gasteiger partial charge in [0.25, 0.3) is 5.91 Å². The maximum absolute atomic E-state index is 12.7. The summed E-state index contributed by atoms with van der Waals surface area (Å²) in [6.45, 7) is 3.92. The number of aryl methyl sites for hydroxylation is 2. The van der Waals surface area contributed by atoms with E-state index in [0.29, 0.717) is 29.3 Å². The quantitative estimate of drug-likeness (QED) is 0.804. The number of anilines is 1. The summed E-state index contributed by atoms with van der Waals surface area (Å²) in [6.07, 6.45) is 4.13. The van der Waals surface area contributed by atoms with E-state index in [-0.39, 0.29) is 5.91 Å². The predicted octanol–water partition coefficient (Wildman–Crippen LogP) is 2.86. The maximum atomic E-state index is 12.7. The summed E-state index contributed by atoms with van der Waals surface area (Å²) in [7, 11) is 1.59. The first-order valence-electron chi connectivity index (χ1n) is 7.42. The molecule has 3 aromatic heterocycles. The van der Waals surface area contributed by atoms with Crippen LogP contribution in [0.2, 0.25) is 0 Å². The highest BCUT2D eigenvalue weighted by atomic mass is 16.5. The minimum absolute atomic E-state index is 0.235. The van der Waals surface area contributed by atoms with E-state index in [2.05, 4.69) is 15.3 Å². The Morgan fingerprint density at radius 2 is 2.22 bits per heavy atom. The van der Waals surface area contributed by atoms with E-state index in [1.165, 1.54) is 0 Å². The largest absolute Gasteiger partial charge is 0.493 e. The lowest BCUT2D eigenvalue weighted by Crippen LogP contribution is -2.17. The topological polar surface area (TPSA) is 68.5 Å². The van der Waals surface area contributed by atoms with Crippen molar-refractivity contribution in [2.24, 2.45) is 0 Å². The van der Waals surface area contributed by atoms with Crippen LogP contribution in [0.4, 0.5) is 5.82 Å². The van der Waals surface area contributed by atoms with Crippen molar-refractivity contribution in [3.05, 3.63) is 53.6 Å². The van der Waals surface area contributed by atoms with Gasteiger partial charge in [0.1, 0.15) is 11.5 Å². The van der Waals surface area contributed by atoms with Crippen LogP contribution in [0.5, 0.6) is 5.75 Å². The lowest BCUT2D eigenvalue weighted by molar-refractivity contribution is 0.102. The molecule has 6 nitrogen and oxygen atoms in total. The Bertz CT molecular complexity index is 870. The number of pyridine rings is 2. The molecule has 0 atom stereocenters. The number of hydrogen-bond donors (Lipinski definition) is 1. The van der Waals surface area contributed by atoms with Crippen molar-refractivity contribution < 1.29 is 9.53 Å². The molecule has 0 fully saturated rings. The number of fused-ring (bicyclic) bond motifs is 1. The Labute approximate surface area is 134 Å². The molecule has 0 radical (unpaired) electrons. The van der Waals surface area contributed by atoms with E-state index < -0.39 is 0 Å². The van der Waals surface area contributed by atoms with Crippen molar-refractivity contribution in [3.8, 4) is 5.75 Å². The highest BCUT2D eigenvalue weighted by Gasteiger charge is 2.20. The van der Waals surface area contributed by atoms with Gasteiger partial charge in [0, 0.05) is 12.4 Å². The van der Waals surface area contributed by atoms with Crippen molar-refractivity contribution in [2.75, 3.05) is 12.4 Å². The van der Waals surface area contributed by atoms with Gasteiger partial charge in [-0.1, -0.05) is 6.92 Å². The Balaban J connectivity index is 2.06. The molecule has 3 rings (SSSR count). The van der Waals surface area contributed by atoms with Gasteiger partial charge in [-0.25, -0.2) is 9.97 Å². The van der Waals surface area contributed by atoms with Gasteiger partial charge in [-0.15, -0.1) is 0 Å². The van der Waals surface area contributed by atoms with Gasteiger partial charge in [0.15, 0.2) is 11.4 Å². The van der Waals surface area contributed by atoms with Crippen LogP contribution in [-0.2, 0) is 6.42 Å². The fraction of sp³-hybridized carbons (Fsp3) is 0.235. The van der Waals surface area contributed by atoms with Crippen LogP contribution in [0.25, 0.3) is 5.65 Å². The highest BCUT2D eigenvalue weighted by molar-refractivity contribution is 6.04. The summed E-state index contributed by atoms with van der Waals surface area (Å²) in [6, 6.07) is 7.36. The van der Waals surface area contributed by atoms with Gasteiger partial charge in [-0.3, -0.25) is 9.20 Å². The number of nitrogens with one attached hydrogen (secondary N) is 1. The summed E-state index contributed by atoms with van der Waals surface area (Å²) in [4.78, 5) is 21.4. The number of rotatable bonds is 4. The molecule has 23 heavy (non-hydrogen) atoms. The van der Waals surface area contributed by atoms with Crippen LogP contribution >= 0.6 is 0 Å². The van der Waals surface area contributed by atoms with Crippen LogP contribution < -0.4 is 10.1 Å². The Kier molecular flexibility index (Phi) is 3.97. The highest BCUT2D eigenvalue weighted by Crippen LogP contribution is 2.23. The fourth-order valence-corrected chi connectivity index (χ4v) is 2.52. The third kappa shape index (κ3) is 2.75. The van der Waals surface area contributed by atoms with Crippen LogP contribution in [0, 0.1) is 6.92 Å². The number of imidazole rings is 1. The molecule has 0 bridgehead atoms. The maximum Gasteiger partial charge on any atom is 0.275 e.